The number of nitriles is 1. The van der Waals surface area contributed by atoms with Crippen molar-refractivity contribution in [2.75, 3.05) is 6.54 Å². The van der Waals surface area contributed by atoms with Gasteiger partial charge in [-0.1, -0.05) is 11.6 Å². The molecule has 1 N–H and O–H groups in total. The van der Waals surface area contributed by atoms with Crippen LogP contribution in [-0.2, 0) is 11.3 Å². The number of hydrogen-bond acceptors (Lipinski definition) is 4. The Morgan fingerprint density at radius 3 is 2.87 bits per heavy atom. The molecule has 1 heterocycles. The molecule has 122 valence electrons. The van der Waals surface area contributed by atoms with Gasteiger partial charge in [-0.2, -0.15) is 10.4 Å². The number of amides is 1. The first-order valence-electron chi connectivity index (χ1n) is 7.96. The maximum Gasteiger partial charge on any atom is 0.285 e. The van der Waals surface area contributed by atoms with Crippen LogP contribution in [0.5, 0.6) is 0 Å². The van der Waals surface area contributed by atoms with E-state index >= 15 is 0 Å². The van der Waals surface area contributed by atoms with E-state index in [2.05, 4.69) is 16.5 Å². The van der Waals surface area contributed by atoms with Gasteiger partial charge in [0.2, 0.25) is 5.91 Å². The molecule has 0 aliphatic heterocycles. The first-order chi connectivity index (χ1) is 11.0. The highest BCUT2D eigenvalue weighted by atomic mass is 16.2. The topological polar surface area (TPSA) is 87.8 Å². The zero-order chi connectivity index (χ0) is 16.8. The molecule has 0 aromatic carbocycles. The third-order valence-corrected chi connectivity index (χ3v) is 4.20. The highest BCUT2D eigenvalue weighted by Crippen LogP contribution is 2.19. The number of aryl methyl sites for hydroxylation is 1. The summed E-state index contributed by atoms with van der Waals surface area (Å²) in [5.74, 6) is -0.261. The summed E-state index contributed by atoms with van der Waals surface area (Å²) in [6, 6.07) is 1.89. The number of carbonyl (C=O) groups excluding carboxylic acids is 1. The summed E-state index contributed by atoms with van der Waals surface area (Å²) in [5, 5.41) is 16.0. The molecule has 0 spiro atoms. The number of nitrogens with zero attached hydrogens (tertiary/aromatic N) is 3. The van der Waals surface area contributed by atoms with Crippen molar-refractivity contribution in [1.82, 2.24) is 15.1 Å². The summed E-state index contributed by atoms with van der Waals surface area (Å²) < 4.78 is 1.07. The lowest BCUT2D eigenvalue weighted by atomic mass is 9.97. The largest absolute Gasteiger partial charge is 0.354 e. The molecule has 1 aliphatic rings. The highest BCUT2D eigenvalue weighted by Gasteiger charge is 2.13. The Hall–Kier alpha value is -2.42. The number of hydrogen-bond donors (Lipinski definition) is 1. The van der Waals surface area contributed by atoms with E-state index in [0.29, 0.717) is 17.8 Å². The Morgan fingerprint density at radius 1 is 1.43 bits per heavy atom. The summed E-state index contributed by atoms with van der Waals surface area (Å²) >= 11 is 0. The average Bonchev–Trinajstić information content (AvgIpc) is 2.54. The molecule has 0 bridgehead atoms. The van der Waals surface area contributed by atoms with Crippen LogP contribution in [0, 0.1) is 25.2 Å². The first-order valence-corrected chi connectivity index (χ1v) is 7.96. The summed E-state index contributed by atoms with van der Waals surface area (Å²) in [4.78, 5) is 24.1. The van der Waals surface area contributed by atoms with Crippen molar-refractivity contribution in [2.24, 2.45) is 0 Å². The SMILES string of the molecule is Cc1nn(CC(=O)NCCC2=CCCCC2)c(=O)c(C#N)c1C. The Labute approximate surface area is 135 Å². The zero-order valence-electron chi connectivity index (χ0n) is 13.7. The summed E-state index contributed by atoms with van der Waals surface area (Å²) in [7, 11) is 0. The molecule has 23 heavy (non-hydrogen) atoms. The van der Waals surface area contributed by atoms with Crippen LogP contribution in [0.15, 0.2) is 16.4 Å². The Kier molecular flexibility index (Phi) is 5.69. The minimum Gasteiger partial charge on any atom is -0.354 e. The van der Waals surface area contributed by atoms with Gasteiger partial charge in [0.25, 0.3) is 5.56 Å². The number of nitrogens with one attached hydrogen (secondary N) is 1. The number of rotatable bonds is 5. The van der Waals surface area contributed by atoms with Gasteiger partial charge in [-0.15, -0.1) is 0 Å². The van der Waals surface area contributed by atoms with Crippen molar-refractivity contribution < 1.29 is 4.79 Å². The van der Waals surface area contributed by atoms with Crippen LogP contribution < -0.4 is 10.9 Å². The van der Waals surface area contributed by atoms with E-state index in [9.17, 15) is 9.59 Å². The lowest BCUT2D eigenvalue weighted by Gasteiger charge is -2.13. The molecule has 6 heteroatoms. The molecule has 1 aromatic heterocycles. The quantitative estimate of drug-likeness (QED) is 0.839. The van der Waals surface area contributed by atoms with Gasteiger partial charge in [-0.3, -0.25) is 9.59 Å². The molecule has 6 nitrogen and oxygen atoms in total. The van der Waals surface area contributed by atoms with E-state index in [1.807, 2.05) is 6.07 Å². The maximum absolute atomic E-state index is 12.1. The molecule has 1 aromatic rings. The second-order valence-corrected chi connectivity index (χ2v) is 5.87. The summed E-state index contributed by atoms with van der Waals surface area (Å²) in [6.45, 7) is 3.81. The second kappa shape index (κ2) is 7.73. The van der Waals surface area contributed by atoms with Crippen molar-refractivity contribution in [3.63, 3.8) is 0 Å². The Morgan fingerprint density at radius 2 is 2.22 bits per heavy atom. The number of aromatic nitrogens is 2. The second-order valence-electron chi connectivity index (χ2n) is 5.87. The molecule has 0 atom stereocenters. The van der Waals surface area contributed by atoms with Gasteiger partial charge in [0.1, 0.15) is 18.2 Å². The summed E-state index contributed by atoms with van der Waals surface area (Å²) in [5.41, 5.74) is 2.09. The lowest BCUT2D eigenvalue weighted by molar-refractivity contribution is -0.121. The van der Waals surface area contributed by atoms with E-state index in [1.54, 1.807) is 13.8 Å². The van der Waals surface area contributed by atoms with E-state index in [0.717, 1.165) is 23.9 Å². The molecule has 0 fully saturated rings. The minimum atomic E-state index is -0.513. The molecule has 1 amide bonds. The molecule has 0 unspecified atom stereocenters. The van der Waals surface area contributed by atoms with Crippen LogP contribution in [0.3, 0.4) is 0 Å². The van der Waals surface area contributed by atoms with E-state index < -0.39 is 5.56 Å². The van der Waals surface area contributed by atoms with Crippen molar-refractivity contribution in [3.8, 4) is 6.07 Å². The van der Waals surface area contributed by atoms with Gasteiger partial charge in [-0.05, 0) is 51.5 Å². The van der Waals surface area contributed by atoms with Crippen molar-refractivity contribution in [3.05, 3.63) is 38.8 Å². The van der Waals surface area contributed by atoms with E-state index in [1.165, 1.54) is 18.4 Å². The highest BCUT2D eigenvalue weighted by molar-refractivity contribution is 5.75. The van der Waals surface area contributed by atoms with Crippen molar-refractivity contribution in [1.29, 1.82) is 5.26 Å². The molecular formula is C17H22N4O2. The van der Waals surface area contributed by atoms with Crippen molar-refractivity contribution in [2.45, 2.75) is 52.5 Å². The normalized spacial score (nSPS) is 14.0. The maximum atomic E-state index is 12.1. The Balaban J connectivity index is 1.95. The van der Waals surface area contributed by atoms with E-state index in [4.69, 9.17) is 5.26 Å². The van der Waals surface area contributed by atoms with E-state index in [-0.39, 0.29) is 18.0 Å². The minimum absolute atomic E-state index is 0.0534. The molecule has 2 rings (SSSR count). The fourth-order valence-electron chi connectivity index (χ4n) is 2.70. The predicted octanol–water partition coefficient (Wildman–Crippen LogP) is 1.74. The first kappa shape index (κ1) is 16.9. The lowest BCUT2D eigenvalue weighted by Crippen LogP contribution is -2.36. The van der Waals surface area contributed by atoms with Gasteiger partial charge >= 0.3 is 0 Å². The molecule has 0 saturated heterocycles. The molecule has 0 radical (unpaired) electrons. The Bertz CT molecular complexity index is 725. The smallest absolute Gasteiger partial charge is 0.285 e. The third kappa shape index (κ3) is 4.28. The van der Waals surface area contributed by atoms with Crippen LogP contribution in [0.2, 0.25) is 0 Å². The van der Waals surface area contributed by atoms with Gasteiger partial charge in [0.15, 0.2) is 0 Å². The monoisotopic (exact) mass is 314 g/mol. The fourth-order valence-corrected chi connectivity index (χ4v) is 2.70. The fraction of sp³-hybridized carbons (Fsp3) is 0.529. The van der Waals surface area contributed by atoms with Crippen LogP contribution >= 0.6 is 0 Å². The van der Waals surface area contributed by atoms with Crippen LogP contribution in [-0.4, -0.2) is 22.2 Å². The standard InChI is InChI=1S/C17H22N4O2/c1-12-13(2)20-21(17(23)15(12)10-18)11-16(22)19-9-8-14-6-4-3-5-7-14/h6H,3-5,7-9,11H2,1-2H3,(H,19,22). The molecular weight excluding hydrogens is 292 g/mol. The van der Waals surface area contributed by atoms with Crippen LogP contribution in [0.4, 0.5) is 0 Å². The average molecular weight is 314 g/mol. The molecule has 0 saturated carbocycles. The van der Waals surface area contributed by atoms with Gasteiger partial charge in [0, 0.05) is 6.54 Å². The summed E-state index contributed by atoms with van der Waals surface area (Å²) in [6.07, 6.45) is 7.81. The third-order valence-electron chi connectivity index (χ3n) is 4.20. The number of carbonyl (C=O) groups is 1. The van der Waals surface area contributed by atoms with Crippen LogP contribution in [0.25, 0.3) is 0 Å². The predicted molar refractivity (Wildman–Crippen MR) is 86.9 cm³/mol. The molecule has 1 aliphatic carbocycles. The zero-order valence-corrected chi connectivity index (χ0v) is 13.7. The number of allylic oxidation sites excluding steroid dienone is 1. The van der Waals surface area contributed by atoms with Gasteiger partial charge < -0.3 is 5.32 Å². The van der Waals surface area contributed by atoms with Crippen molar-refractivity contribution >= 4 is 5.91 Å². The van der Waals surface area contributed by atoms with Crippen LogP contribution in [0.1, 0.15) is 48.9 Å². The van der Waals surface area contributed by atoms with Gasteiger partial charge in [0.05, 0.1) is 5.69 Å². The van der Waals surface area contributed by atoms with Gasteiger partial charge in [-0.25, -0.2) is 4.68 Å².